The standard InChI is InChI=1S/C12H10F3N7/c13-12(14,15)8-4-2-1-3-7(8)5-17-10-20-9(16)21-11-18-6-19-22(10)11/h1-4,6H,5H2,(H3,16,17,18,19,20,21). The summed E-state index contributed by atoms with van der Waals surface area (Å²) in [5.41, 5.74) is 4.90. The number of alkyl halides is 3. The number of aromatic nitrogens is 5. The van der Waals surface area contributed by atoms with Crippen LogP contribution in [0.15, 0.2) is 30.6 Å². The predicted molar refractivity (Wildman–Crippen MR) is 71.8 cm³/mol. The molecule has 7 nitrogen and oxygen atoms in total. The highest BCUT2D eigenvalue weighted by Gasteiger charge is 2.32. The van der Waals surface area contributed by atoms with Crippen molar-refractivity contribution in [1.29, 1.82) is 0 Å². The molecular weight excluding hydrogens is 299 g/mol. The molecule has 22 heavy (non-hydrogen) atoms. The number of hydrogen-bond acceptors (Lipinski definition) is 6. The molecule has 0 aliphatic rings. The van der Waals surface area contributed by atoms with E-state index in [2.05, 4.69) is 25.4 Å². The van der Waals surface area contributed by atoms with Crippen LogP contribution in [-0.2, 0) is 12.7 Å². The lowest BCUT2D eigenvalue weighted by molar-refractivity contribution is -0.138. The third kappa shape index (κ3) is 2.62. The second kappa shape index (κ2) is 5.13. The molecule has 3 N–H and O–H groups in total. The van der Waals surface area contributed by atoms with Gasteiger partial charge < -0.3 is 11.1 Å². The zero-order valence-corrected chi connectivity index (χ0v) is 11.0. The molecule has 2 heterocycles. The van der Waals surface area contributed by atoms with Crippen LogP contribution in [0.5, 0.6) is 0 Å². The van der Waals surface area contributed by atoms with Crippen LogP contribution >= 0.6 is 0 Å². The second-order valence-electron chi connectivity index (χ2n) is 4.39. The third-order valence-corrected chi connectivity index (χ3v) is 2.93. The van der Waals surface area contributed by atoms with Crippen molar-refractivity contribution in [2.45, 2.75) is 12.7 Å². The molecule has 0 aliphatic heterocycles. The first-order valence-electron chi connectivity index (χ1n) is 6.17. The molecule has 0 aliphatic carbocycles. The number of rotatable bonds is 3. The van der Waals surface area contributed by atoms with Gasteiger partial charge in [-0.2, -0.15) is 37.7 Å². The number of nitrogens with one attached hydrogen (secondary N) is 1. The number of nitrogens with two attached hydrogens (primary N) is 1. The normalized spacial score (nSPS) is 11.8. The van der Waals surface area contributed by atoms with E-state index in [-0.39, 0.29) is 29.8 Å². The average molecular weight is 309 g/mol. The minimum absolute atomic E-state index is 0.0490. The van der Waals surface area contributed by atoms with Crippen LogP contribution in [0.4, 0.5) is 25.1 Å². The van der Waals surface area contributed by atoms with Crippen LogP contribution in [0.25, 0.3) is 5.78 Å². The molecule has 10 heteroatoms. The third-order valence-electron chi connectivity index (χ3n) is 2.93. The van der Waals surface area contributed by atoms with E-state index < -0.39 is 11.7 Å². The molecule has 0 radical (unpaired) electrons. The van der Waals surface area contributed by atoms with Crippen molar-refractivity contribution >= 4 is 17.7 Å². The second-order valence-corrected chi connectivity index (χ2v) is 4.39. The highest BCUT2D eigenvalue weighted by molar-refractivity contribution is 5.43. The zero-order chi connectivity index (χ0) is 15.7. The van der Waals surface area contributed by atoms with Crippen LogP contribution < -0.4 is 11.1 Å². The summed E-state index contributed by atoms with van der Waals surface area (Å²) in [7, 11) is 0. The van der Waals surface area contributed by atoms with Crippen molar-refractivity contribution in [2.75, 3.05) is 11.1 Å². The van der Waals surface area contributed by atoms with E-state index in [0.717, 1.165) is 6.07 Å². The Bertz CT molecular complexity index is 812. The van der Waals surface area contributed by atoms with E-state index in [1.54, 1.807) is 0 Å². The molecule has 114 valence electrons. The van der Waals surface area contributed by atoms with Crippen molar-refractivity contribution in [2.24, 2.45) is 0 Å². The number of hydrogen-bond donors (Lipinski definition) is 2. The smallest absolute Gasteiger partial charge is 0.368 e. The van der Waals surface area contributed by atoms with Crippen molar-refractivity contribution < 1.29 is 13.2 Å². The summed E-state index contributed by atoms with van der Waals surface area (Å²) in [5, 5.41) is 6.66. The van der Waals surface area contributed by atoms with E-state index in [1.807, 2.05) is 0 Å². The number of fused-ring (bicyclic) bond motifs is 1. The molecule has 0 atom stereocenters. The van der Waals surface area contributed by atoms with Crippen molar-refractivity contribution in [3.05, 3.63) is 41.7 Å². The molecule has 1 aromatic carbocycles. The zero-order valence-electron chi connectivity index (χ0n) is 11.0. The Morgan fingerprint density at radius 3 is 2.73 bits per heavy atom. The molecule has 0 unspecified atom stereocenters. The minimum atomic E-state index is -4.43. The summed E-state index contributed by atoms with van der Waals surface area (Å²) < 4.78 is 40.1. The Labute approximate surface area is 122 Å². The number of anilines is 2. The van der Waals surface area contributed by atoms with E-state index in [4.69, 9.17) is 5.73 Å². The first-order valence-corrected chi connectivity index (χ1v) is 6.17. The van der Waals surface area contributed by atoms with Gasteiger partial charge in [0.05, 0.1) is 5.56 Å². The van der Waals surface area contributed by atoms with Gasteiger partial charge in [0.1, 0.15) is 6.33 Å². The predicted octanol–water partition coefficient (Wildman–Crippen LogP) is 1.73. The fourth-order valence-electron chi connectivity index (χ4n) is 1.98. The molecule has 0 saturated carbocycles. The van der Waals surface area contributed by atoms with Crippen LogP contribution in [0.1, 0.15) is 11.1 Å². The van der Waals surface area contributed by atoms with E-state index >= 15 is 0 Å². The number of nitrogen functional groups attached to an aromatic ring is 1. The summed E-state index contributed by atoms with van der Waals surface area (Å²) in [6.07, 6.45) is -3.18. The fourth-order valence-corrected chi connectivity index (χ4v) is 1.98. The topological polar surface area (TPSA) is 94.0 Å². The first-order chi connectivity index (χ1) is 10.4. The van der Waals surface area contributed by atoms with Crippen molar-refractivity contribution in [3.63, 3.8) is 0 Å². The van der Waals surface area contributed by atoms with Gasteiger partial charge in [0.15, 0.2) is 0 Å². The van der Waals surface area contributed by atoms with Gasteiger partial charge in [-0.25, -0.2) is 0 Å². The Kier molecular flexibility index (Phi) is 3.28. The Balaban J connectivity index is 1.91. The van der Waals surface area contributed by atoms with Crippen LogP contribution in [0, 0.1) is 0 Å². The number of benzene rings is 1. The van der Waals surface area contributed by atoms with Gasteiger partial charge in [0.25, 0.3) is 5.78 Å². The summed E-state index contributed by atoms with van der Waals surface area (Å²) in [4.78, 5) is 11.6. The number of nitrogens with zero attached hydrogens (tertiary/aromatic N) is 5. The highest BCUT2D eigenvalue weighted by atomic mass is 19.4. The molecule has 0 amide bonds. The lowest BCUT2D eigenvalue weighted by Crippen LogP contribution is -2.14. The van der Waals surface area contributed by atoms with Crippen LogP contribution in [-0.4, -0.2) is 24.6 Å². The number of halogens is 3. The maximum absolute atomic E-state index is 12.9. The lowest BCUT2D eigenvalue weighted by Gasteiger charge is -2.13. The summed E-state index contributed by atoms with van der Waals surface area (Å²) in [6.45, 7) is -0.0961. The summed E-state index contributed by atoms with van der Waals surface area (Å²) >= 11 is 0. The fraction of sp³-hybridized carbons (Fsp3) is 0.167. The summed E-state index contributed by atoms with van der Waals surface area (Å²) in [5.74, 6) is 0.322. The molecule has 3 aromatic rings. The lowest BCUT2D eigenvalue weighted by atomic mass is 10.1. The van der Waals surface area contributed by atoms with E-state index in [0.29, 0.717) is 0 Å². The van der Waals surface area contributed by atoms with Gasteiger partial charge in [0, 0.05) is 6.54 Å². The van der Waals surface area contributed by atoms with Gasteiger partial charge in [-0.15, -0.1) is 0 Å². The van der Waals surface area contributed by atoms with Gasteiger partial charge in [-0.05, 0) is 11.6 Å². The molecule has 0 spiro atoms. The maximum Gasteiger partial charge on any atom is 0.416 e. The van der Waals surface area contributed by atoms with Crippen LogP contribution in [0.2, 0.25) is 0 Å². The average Bonchev–Trinajstić information content (AvgIpc) is 2.92. The van der Waals surface area contributed by atoms with Gasteiger partial charge in [-0.1, -0.05) is 18.2 Å². The molecule has 0 fully saturated rings. The van der Waals surface area contributed by atoms with Gasteiger partial charge in [0.2, 0.25) is 11.9 Å². The molecule has 3 rings (SSSR count). The van der Waals surface area contributed by atoms with Crippen LogP contribution in [0.3, 0.4) is 0 Å². The Morgan fingerprint density at radius 1 is 1.18 bits per heavy atom. The monoisotopic (exact) mass is 309 g/mol. The van der Waals surface area contributed by atoms with Gasteiger partial charge >= 0.3 is 6.18 Å². The summed E-state index contributed by atoms with van der Waals surface area (Å²) in [6, 6.07) is 5.28. The van der Waals surface area contributed by atoms with E-state index in [9.17, 15) is 13.2 Å². The van der Waals surface area contributed by atoms with Gasteiger partial charge in [-0.3, -0.25) is 0 Å². The molecule has 0 bridgehead atoms. The Hall–Kier alpha value is -2.91. The minimum Gasteiger partial charge on any atom is -0.368 e. The first kappa shape index (κ1) is 14.0. The highest BCUT2D eigenvalue weighted by Crippen LogP contribution is 2.32. The quantitative estimate of drug-likeness (QED) is 0.765. The van der Waals surface area contributed by atoms with Crippen molar-refractivity contribution in [3.8, 4) is 0 Å². The molecule has 0 saturated heterocycles. The van der Waals surface area contributed by atoms with Crippen molar-refractivity contribution in [1.82, 2.24) is 24.6 Å². The molecular formula is C12H10F3N7. The SMILES string of the molecule is Nc1nc(NCc2ccccc2C(F)(F)F)n2ncnc2n1. The Morgan fingerprint density at radius 2 is 1.95 bits per heavy atom. The van der Waals surface area contributed by atoms with E-state index in [1.165, 1.54) is 29.0 Å². The maximum atomic E-state index is 12.9. The molecule has 2 aromatic heterocycles. The largest absolute Gasteiger partial charge is 0.416 e.